The minimum atomic E-state index is -4.11. The molecule has 1 aromatic carbocycles. The van der Waals surface area contributed by atoms with Crippen molar-refractivity contribution in [1.29, 1.82) is 0 Å². The average molecular weight is 626 g/mol. The van der Waals surface area contributed by atoms with Crippen LogP contribution in [0.2, 0.25) is 0 Å². The summed E-state index contributed by atoms with van der Waals surface area (Å²) in [6, 6.07) is 7.05. The van der Waals surface area contributed by atoms with Crippen LogP contribution in [0.25, 0.3) is 0 Å². The van der Waals surface area contributed by atoms with Gasteiger partial charge in [-0.05, 0) is 50.6 Å². The fourth-order valence-electron chi connectivity index (χ4n) is 3.26. The Morgan fingerprint density at radius 1 is 1.32 bits per heavy atom. The Morgan fingerprint density at radius 2 is 2.03 bits per heavy atom. The lowest BCUT2D eigenvalue weighted by Gasteiger charge is -2.24. The van der Waals surface area contributed by atoms with Crippen LogP contribution in [-0.4, -0.2) is 47.2 Å². The Bertz CT molecular complexity index is 1140. The number of rotatable bonds is 12. The molecule has 206 valence electrons. The molecule has 0 unspecified atom stereocenters. The van der Waals surface area contributed by atoms with Crippen molar-refractivity contribution in [2.24, 2.45) is 0 Å². The van der Waals surface area contributed by atoms with Crippen molar-refractivity contribution in [3.63, 3.8) is 0 Å². The molecule has 3 N–H and O–H groups in total. The molecule has 0 radical (unpaired) electrons. The Labute approximate surface area is 229 Å². The number of ether oxygens (including phenoxy) is 3. The number of carbonyl (C=O) groups is 1. The fourth-order valence-corrected chi connectivity index (χ4v) is 5.00. The topological polar surface area (TPSA) is 153 Å². The second-order valence-corrected chi connectivity index (χ2v) is 10.7. The maximum atomic E-state index is 13.6. The Balaban J connectivity index is 0.00000481. The van der Waals surface area contributed by atoms with Gasteiger partial charge in [0.05, 0.1) is 12.7 Å². The molecule has 2 heterocycles. The largest absolute Gasteiger partial charge is 0.462 e. The molecule has 5 atom stereocenters. The summed E-state index contributed by atoms with van der Waals surface area (Å²) in [6.45, 7) is 4.99. The van der Waals surface area contributed by atoms with E-state index in [-0.39, 0.29) is 43.3 Å². The predicted molar refractivity (Wildman–Crippen MR) is 141 cm³/mol. The molecular formula is C22H31BrClN4O8P. The number of aromatic nitrogens is 2. The van der Waals surface area contributed by atoms with E-state index >= 15 is 0 Å². The van der Waals surface area contributed by atoms with Crippen LogP contribution < -0.4 is 21.0 Å². The number of halogens is 2. The lowest BCUT2D eigenvalue weighted by Crippen LogP contribution is -2.37. The summed E-state index contributed by atoms with van der Waals surface area (Å²) in [5.41, 5.74) is 4.92. The second kappa shape index (κ2) is 14.2. The molecule has 2 aromatic rings. The van der Waals surface area contributed by atoms with Crippen LogP contribution in [0.1, 0.15) is 39.8 Å². The van der Waals surface area contributed by atoms with E-state index in [4.69, 9.17) is 29.0 Å². The molecule has 0 aliphatic carbocycles. The van der Waals surface area contributed by atoms with Gasteiger partial charge in [-0.3, -0.25) is 13.9 Å². The number of nitrogen functional groups attached to an aromatic ring is 1. The summed E-state index contributed by atoms with van der Waals surface area (Å²) in [5, 5.41) is 2.62. The van der Waals surface area contributed by atoms with Gasteiger partial charge >= 0.3 is 19.4 Å². The zero-order chi connectivity index (χ0) is 26.3. The van der Waals surface area contributed by atoms with E-state index in [1.165, 1.54) is 23.8 Å². The highest BCUT2D eigenvalue weighted by atomic mass is 79.9. The molecule has 0 amide bonds. The fraction of sp³-hybridized carbons (Fsp3) is 0.500. The van der Waals surface area contributed by atoms with Crippen molar-refractivity contribution in [3.8, 4) is 5.75 Å². The highest BCUT2D eigenvalue weighted by molar-refractivity contribution is 9.10. The molecule has 37 heavy (non-hydrogen) atoms. The van der Waals surface area contributed by atoms with Crippen molar-refractivity contribution in [3.05, 3.63) is 51.5 Å². The van der Waals surface area contributed by atoms with Gasteiger partial charge < -0.3 is 24.5 Å². The highest BCUT2D eigenvalue weighted by Gasteiger charge is 2.36. The van der Waals surface area contributed by atoms with Gasteiger partial charge in [0, 0.05) is 10.7 Å². The number of nitrogens with zero attached hydrogens (tertiary/aromatic N) is 2. The summed E-state index contributed by atoms with van der Waals surface area (Å²) in [7, 11) is -4.11. The molecule has 1 aliphatic heterocycles. The lowest BCUT2D eigenvalue weighted by molar-refractivity contribution is -0.150. The van der Waals surface area contributed by atoms with Crippen LogP contribution in [0.15, 0.2) is 45.8 Å². The molecule has 3 rings (SSSR count). The third-order valence-electron chi connectivity index (χ3n) is 5.03. The quantitative estimate of drug-likeness (QED) is 0.262. The minimum absolute atomic E-state index is 0. The number of benzene rings is 1. The van der Waals surface area contributed by atoms with E-state index in [0.29, 0.717) is 6.42 Å². The molecule has 1 aromatic heterocycles. The van der Waals surface area contributed by atoms with Crippen LogP contribution in [0.5, 0.6) is 5.75 Å². The monoisotopic (exact) mass is 624 g/mol. The number of hydrogen-bond acceptors (Lipinski definition) is 10. The van der Waals surface area contributed by atoms with Crippen molar-refractivity contribution in [2.45, 2.75) is 58.3 Å². The van der Waals surface area contributed by atoms with Crippen LogP contribution in [-0.2, 0) is 28.1 Å². The second-order valence-electron chi connectivity index (χ2n) is 8.12. The zero-order valence-corrected chi connectivity index (χ0v) is 23.9. The van der Waals surface area contributed by atoms with Crippen molar-refractivity contribution < 1.29 is 32.6 Å². The number of anilines is 1. The molecule has 12 nitrogen and oxygen atoms in total. The van der Waals surface area contributed by atoms with Crippen LogP contribution >= 0.6 is 36.1 Å². The van der Waals surface area contributed by atoms with Crippen molar-refractivity contribution in [2.75, 3.05) is 18.9 Å². The van der Waals surface area contributed by atoms with Gasteiger partial charge in [-0.1, -0.05) is 29.3 Å². The molecule has 15 heteroatoms. The van der Waals surface area contributed by atoms with E-state index in [0.717, 1.165) is 10.9 Å². The third-order valence-corrected chi connectivity index (χ3v) is 7.21. The maximum Gasteiger partial charge on any atom is 0.459 e. The maximum absolute atomic E-state index is 13.6. The first-order valence-corrected chi connectivity index (χ1v) is 13.7. The smallest absolute Gasteiger partial charge is 0.459 e. The number of nitrogens with one attached hydrogen (secondary N) is 1. The van der Waals surface area contributed by atoms with E-state index in [2.05, 4.69) is 26.0 Å². The first kappa shape index (κ1) is 31.2. The van der Waals surface area contributed by atoms with E-state index in [9.17, 15) is 14.2 Å². The molecular weight excluding hydrogens is 595 g/mol. The summed E-state index contributed by atoms with van der Waals surface area (Å²) in [5.74, 6) is -0.258. The number of nitrogens with two attached hydrogens (primary N) is 1. The van der Waals surface area contributed by atoms with Crippen LogP contribution in [0.4, 0.5) is 5.82 Å². The van der Waals surface area contributed by atoms with Crippen molar-refractivity contribution in [1.82, 2.24) is 14.6 Å². The SMILES string of the molecule is CCC[C@H](C)OC(=O)[C@H](C)N[P@](=O)(OC[C@H]1OC[C@@H](n2ccc(N)nc2=O)O1)Oc1ccc(Br)cc1.Cl. The molecule has 0 spiro atoms. The van der Waals surface area contributed by atoms with Gasteiger partial charge in [0.25, 0.3) is 0 Å². The molecule has 1 fully saturated rings. The average Bonchev–Trinajstić information content (AvgIpc) is 3.28. The van der Waals surface area contributed by atoms with Gasteiger partial charge in [0.1, 0.15) is 24.2 Å². The number of hydrogen-bond donors (Lipinski definition) is 2. The Kier molecular flexibility index (Phi) is 12.0. The van der Waals surface area contributed by atoms with Gasteiger partial charge in [0.15, 0.2) is 12.5 Å². The normalized spacial score (nSPS) is 20.3. The van der Waals surface area contributed by atoms with E-state index < -0.39 is 38.0 Å². The Hall–Kier alpha value is -1.99. The van der Waals surface area contributed by atoms with E-state index in [1.54, 1.807) is 31.2 Å². The standard InChI is InChI=1S/C22H30BrN4O8P.ClH/c1-4-5-14(2)33-21(28)15(3)26-36(30,35-17-8-6-16(23)7-9-17)32-13-20-31-12-19(34-20)27-11-10-18(24)25-22(27)29;/h6-11,14-15,19-20H,4-5,12-13H2,1-3H3,(H,26,30)(H2,24,25,29);1H/t14-,15-,19-,20-,36-;/m0./s1. The first-order chi connectivity index (χ1) is 17.1. The third kappa shape index (κ3) is 9.36. The summed E-state index contributed by atoms with van der Waals surface area (Å²) in [6.07, 6.45) is 0.973. The number of esters is 1. The van der Waals surface area contributed by atoms with Crippen LogP contribution in [0.3, 0.4) is 0 Å². The summed E-state index contributed by atoms with van der Waals surface area (Å²) in [4.78, 5) is 28.2. The van der Waals surface area contributed by atoms with Gasteiger partial charge in [-0.15, -0.1) is 12.4 Å². The summed E-state index contributed by atoms with van der Waals surface area (Å²) >= 11 is 3.33. The van der Waals surface area contributed by atoms with Crippen molar-refractivity contribution >= 4 is 47.9 Å². The predicted octanol–water partition coefficient (Wildman–Crippen LogP) is 3.79. The minimum Gasteiger partial charge on any atom is -0.462 e. The van der Waals surface area contributed by atoms with Gasteiger partial charge in [0.2, 0.25) is 0 Å². The van der Waals surface area contributed by atoms with Crippen LogP contribution in [0, 0.1) is 0 Å². The first-order valence-electron chi connectivity index (χ1n) is 11.4. The Morgan fingerprint density at radius 3 is 2.68 bits per heavy atom. The van der Waals surface area contributed by atoms with E-state index in [1.807, 2.05) is 6.92 Å². The van der Waals surface area contributed by atoms with Gasteiger partial charge in [-0.2, -0.15) is 10.1 Å². The molecule has 1 aliphatic rings. The zero-order valence-electron chi connectivity index (χ0n) is 20.6. The lowest BCUT2D eigenvalue weighted by atomic mass is 10.2. The summed E-state index contributed by atoms with van der Waals surface area (Å²) < 4.78 is 43.5. The van der Waals surface area contributed by atoms with Gasteiger partial charge in [-0.25, -0.2) is 9.36 Å². The highest BCUT2D eigenvalue weighted by Crippen LogP contribution is 2.45. The molecule has 0 bridgehead atoms. The number of carbonyl (C=O) groups excluding carboxylic acids is 1. The molecule has 0 saturated carbocycles. The molecule has 1 saturated heterocycles.